The minimum absolute atomic E-state index is 0.180. The summed E-state index contributed by atoms with van der Waals surface area (Å²) in [6.45, 7) is 6.21. The highest BCUT2D eigenvalue weighted by Gasteiger charge is 2.25. The van der Waals surface area contributed by atoms with Crippen LogP contribution in [0.1, 0.15) is 55.5 Å². The second-order valence-corrected chi connectivity index (χ2v) is 6.50. The fourth-order valence-electron chi connectivity index (χ4n) is 2.92. The van der Waals surface area contributed by atoms with Crippen molar-refractivity contribution in [3.8, 4) is 0 Å². The van der Waals surface area contributed by atoms with Crippen molar-refractivity contribution in [2.24, 2.45) is 0 Å². The molecule has 0 amide bonds. The van der Waals surface area contributed by atoms with Gasteiger partial charge in [0.1, 0.15) is 0 Å². The van der Waals surface area contributed by atoms with E-state index in [0.717, 1.165) is 50.8 Å². The molecule has 1 aromatic carbocycles. The van der Waals surface area contributed by atoms with Crippen LogP contribution >= 0.6 is 0 Å². The smallest absolute Gasteiger partial charge is 0.176 e. The van der Waals surface area contributed by atoms with Gasteiger partial charge in [0.25, 0.3) is 0 Å². The molecule has 0 spiro atoms. The lowest BCUT2D eigenvalue weighted by Crippen LogP contribution is -2.32. The topological polar surface area (TPSA) is 40.5 Å². The summed E-state index contributed by atoms with van der Waals surface area (Å²) in [5.41, 5.74) is 1.52. The molecular weight excluding hydrogens is 262 g/mol. The Hall–Kier alpha value is -1.19. The van der Waals surface area contributed by atoms with Crippen molar-refractivity contribution in [1.82, 2.24) is 4.90 Å². The average Bonchev–Trinajstić information content (AvgIpc) is 2.61. The lowest BCUT2D eigenvalue weighted by molar-refractivity contribution is 0.0444. The zero-order chi connectivity index (χ0) is 15.3. The lowest BCUT2D eigenvalue weighted by atomic mass is 9.98. The monoisotopic (exact) mass is 289 g/mol. The van der Waals surface area contributed by atoms with Gasteiger partial charge in [-0.05, 0) is 44.7 Å². The number of hydrogen-bond donors (Lipinski definition) is 1. The Morgan fingerprint density at radius 2 is 1.95 bits per heavy atom. The van der Waals surface area contributed by atoms with Gasteiger partial charge in [-0.2, -0.15) is 0 Å². The highest BCUT2D eigenvalue weighted by atomic mass is 16.3. The molecule has 0 saturated carbocycles. The van der Waals surface area contributed by atoms with Crippen LogP contribution in [0.2, 0.25) is 0 Å². The summed E-state index contributed by atoms with van der Waals surface area (Å²) in [5, 5.41) is 10.1. The van der Waals surface area contributed by atoms with E-state index < -0.39 is 5.60 Å². The molecule has 1 atom stereocenters. The summed E-state index contributed by atoms with van der Waals surface area (Å²) < 4.78 is 0. The predicted molar refractivity (Wildman–Crippen MR) is 85.7 cm³/mol. The molecule has 116 valence electrons. The molecule has 0 bridgehead atoms. The van der Waals surface area contributed by atoms with Crippen molar-refractivity contribution in [2.45, 2.75) is 51.6 Å². The minimum atomic E-state index is -0.570. The number of nitrogens with zero attached hydrogens (tertiary/aromatic N) is 1. The fourth-order valence-corrected chi connectivity index (χ4v) is 2.92. The van der Waals surface area contributed by atoms with E-state index in [4.69, 9.17) is 0 Å². The van der Waals surface area contributed by atoms with Crippen LogP contribution in [0, 0.1) is 0 Å². The maximum Gasteiger partial charge on any atom is 0.176 e. The number of rotatable bonds is 5. The van der Waals surface area contributed by atoms with Crippen molar-refractivity contribution in [1.29, 1.82) is 0 Å². The number of likely N-dealkylation sites (tertiary alicyclic amines) is 1. The number of carbonyl (C=O) groups is 1. The Morgan fingerprint density at radius 1 is 1.24 bits per heavy atom. The molecule has 0 aromatic heterocycles. The molecule has 0 aliphatic carbocycles. The minimum Gasteiger partial charge on any atom is -0.390 e. The molecule has 0 radical (unpaired) electrons. The van der Waals surface area contributed by atoms with E-state index >= 15 is 0 Å². The van der Waals surface area contributed by atoms with E-state index in [9.17, 15) is 9.90 Å². The van der Waals surface area contributed by atoms with Gasteiger partial charge in [0, 0.05) is 12.1 Å². The SMILES string of the molecule is CCCc1ccc(C(=O)CN2CCCC(C)(O)CC2)cc1. The third-order valence-electron chi connectivity index (χ3n) is 4.34. The molecule has 3 nitrogen and oxygen atoms in total. The number of carbonyl (C=O) groups excluding carboxylic acids is 1. The maximum atomic E-state index is 12.4. The standard InChI is InChI=1S/C18H27NO2/c1-3-5-15-6-8-16(9-7-15)17(20)14-19-12-4-10-18(2,21)11-13-19/h6-9,21H,3-5,10-14H2,1-2H3. The molecule has 1 aliphatic rings. The summed E-state index contributed by atoms with van der Waals surface area (Å²) in [4.78, 5) is 14.5. The predicted octanol–water partition coefficient (Wildman–Crippen LogP) is 3.06. The Balaban J connectivity index is 1.91. The summed E-state index contributed by atoms with van der Waals surface area (Å²) in [5.74, 6) is 0.180. The second kappa shape index (κ2) is 7.19. The van der Waals surface area contributed by atoms with Gasteiger partial charge in [0.2, 0.25) is 0 Å². The van der Waals surface area contributed by atoms with Crippen LogP contribution in [0.3, 0.4) is 0 Å². The fraction of sp³-hybridized carbons (Fsp3) is 0.611. The van der Waals surface area contributed by atoms with Crippen LogP contribution in [0.4, 0.5) is 0 Å². The Bertz CT molecular complexity index is 465. The quantitative estimate of drug-likeness (QED) is 0.847. The molecule has 21 heavy (non-hydrogen) atoms. The first-order valence-corrected chi connectivity index (χ1v) is 8.07. The highest BCUT2D eigenvalue weighted by Crippen LogP contribution is 2.21. The van der Waals surface area contributed by atoms with Crippen LogP contribution in [0.5, 0.6) is 0 Å². The first-order chi connectivity index (χ1) is 10.00. The van der Waals surface area contributed by atoms with Gasteiger partial charge in [-0.3, -0.25) is 9.69 Å². The van der Waals surface area contributed by atoms with Gasteiger partial charge in [0.15, 0.2) is 5.78 Å². The normalized spacial score (nSPS) is 23.8. The largest absolute Gasteiger partial charge is 0.390 e. The molecular formula is C18H27NO2. The van der Waals surface area contributed by atoms with Gasteiger partial charge in [-0.1, -0.05) is 37.6 Å². The zero-order valence-corrected chi connectivity index (χ0v) is 13.3. The van der Waals surface area contributed by atoms with E-state index in [2.05, 4.69) is 24.0 Å². The first-order valence-electron chi connectivity index (χ1n) is 8.07. The van der Waals surface area contributed by atoms with Gasteiger partial charge in [0.05, 0.1) is 12.1 Å². The van der Waals surface area contributed by atoms with Crippen molar-refractivity contribution < 1.29 is 9.90 Å². The summed E-state index contributed by atoms with van der Waals surface area (Å²) in [7, 11) is 0. The molecule has 1 saturated heterocycles. The van der Waals surface area contributed by atoms with E-state index in [-0.39, 0.29) is 5.78 Å². The maximum absolute atomic E-state index is 12.4. The molecule has 2 rings (SSSR count). The Morgan fingerprint density at radius 3 is 2.62 bits per heavy atom. The summed E-state index contributed by atoms with van der Waals surface area (Å²) in [6.07, 6.45) is 4.71. The highest BCUT2D eigenvalue weighted by molar-refractivity contribution is 5.97. The number of ketones is 1. The first kappa shape index (κ1) is 16.2. The van der Waals surface area contributed by atoms with Crippen LogP contribution < -0.4 is 0 Å². The van der Waals surface area contributed by atoms with Gasteiger partial charge in [-0.15, -0.1) is 0 Å². The molecule has 1 aromatic rings. The number of aliphatic hydroxyl groups is 1. The lowest BCUT2D eigenvalue weighted by Gasteiger charge is -2.21. The molecule has 1 fully saturated rings. The van der Waals surface area contributed by atoms with Crippen LogP contribution in [-0.4, -0.2) is 41.0 Å². The van der Waals surface area contributed by atoms with Gasteiger partial charge in [-0.25, -0.2) is 0 Å². The second-order valence-electron chi connectivity index (χ2n) is 6.50. The summed E-state index contributed by atoms with van der Waals surface area (Å²) >= 11 is 0. The Kier molecular flexibility index (Phi) is 5.54. The Labute approximate surface area is 128 Å². The van der Waals surface area contributed by atoms with E-state index in [1.807, 2.05) is 19.1 Å². The van der Waals surface area contributed by atoms with E-state index in [1.54, 1.807) is 0 Å². The van der Waals surface area contributed by atoms with Crippen molar-refractivity contribution in [2.75, 3.05) is 19.6 Å². The van der Waals surface area contributed by atoms with Crippen LogP contribution in [0.15, 0.2) is 24.3 Å². The van der Waals surface area contributed by atoms with Gasteiger partial charge < -0.3 is 5.11 Å². The van der Waals surface area contributed by atoms with Crippen LogP contribution in [0.25, 0.3) is 0 Å². The number of Topliss-reactive ketones (excluding diaryl/α,β-unsaturated/α-hetero) is 1. The molecule has 1 unspecified atom stereocenters. The van der Waals surface area contributed by atoms with Gasteiger partial charge >= 0.3 is 0 Å². The number of aryl methyl sites for hydroxylation is 1. The van der Waals surface area contributed by atoms with Crippen molar-refractivity contribution in [3.63, 3.8) is 0 Å². The van der Waals surface area contributed by atoms with Crippen molar-refractivity contribution >= 4 is 5.78 Å². The molecule has 3 heteroatoms. The van der Waals surface area contributed by atoms with Crippen molar-refractivity contribution in [3.05, 3.63) is 35.4 Å². The molecule has 1 heterocycles. The average molecular weight is 289 g/mol. The zero-order valence-electron chi connectivity index (χ0n) is 13.3. The number of benzene rings is 1. The molecule has 1 N–H and O–H groups in total. The molecule has 1 aliphatic heterocycles. The number of hydrogen-bond acceptors (Lipinski definition) is 3. The van der Waals surface area contributed by atoms with E-state index in [0.29, 0.717) is 6.54 Å². The summed E-state index contributed by atoms with van der Waals surface area (Å²) in [6, 6.07) is 8.01. The van der Waals surface area contributed by atoms with E-state index in [1.165, 1.54) is 5.56 Å². The third-order valence-corrected chi connectivity index (χ3v) is 4.34. The third kappa shape index (κ3) is 4.94. The van der Waals surface area contributed by atoms with Crippen LogP contribution in [-0.2, 0) is 6.42 Å².